The van der Waals surface area contributed by atoms with E-state index < -0.39 is 11.8 Å². The fourth-order valence-electron chi connectivity index (χ4n) is 4.60. The molecule has 0 spiro atoms. The highest BCUT2D eigenvalue weighted by Gasteiger charge is 2.34. The number of pyridine rings is 1. The highest BCUT2D eigenvalue weighted by atomic mass is 35.5. The third-order valence-corrected chi connectivity index (χ3v) is 6.62. The Morgan fingerprint density at radius 3 is 2.66 bits per heavy atom. The van der Waals surface area contributed by atoms with Crippen molar-refractivity contribution >= 4 is 40.7 Å². The van der Waals surface area contributed by atoms with Gasteiger partial charge in [0.05, 0.1) is 29.2 Å². The quantitative estimate of drug-likeness (QED) is 0.384. The molecule has 6 rings (SSSR count). The van der Waals surface area contributed by atoms with E-state index in [-0.39, 0.29) is 35.7 Å². The first-order valence-electron chi connectivity index (χ1n) is 11.5. The second-order valence-electron chi connectivity index (χ2n) is 8.62. The molecule has 2 aromatic carbocycles. The molecule has 4 heterocycles. The first-order chi connectivity index (χ1) is 18.3. The number of aromatic nitrogens is 3. The molecule has 0 aliphatic carbocycles. The number of carbonyl (C=O) groups is 3. The van der Waals surface area contributed by atoms with Crippen molar-refractivity contribution in [1.82, 2.24) is 14.8 Å². The van der Waals surface area contributed by atoms with Gasteiger partial charge in [0, 0.05) is 36.0 Å². The number of nitrogens with zero attached hydrogens (tertiary/aromatic N) is 4. The Hall–Kier alpha value is -4.90. The second-order valence-corrected chi connectivity index (χ2v) is 8.98. The van der Waals surface area contributed by atoms with Gasteiger partial charge < -0.3 is 25.4 Å². The Labute approximate surface area is 220 Å². The number of amides is 3. The van der Waals surface area contributed by atoms with E-state index in [2.05, 4.69) is 15.4 Å². The number of hydrogen-bond donors (Lipinski definition) is 2. The summed E-state index contributed by atoms with van der Waals surface area (Å²) in [6.07, 6.45) is 1.49. The van der Waals surface area contributed by atoms with Gasteiger partial charge in [-0.05, 0) is 42.5 Å². The molecule has 11 nitrogen and oxygen atoms in total. The molecule has 0 saturated heterocycles. The monoisotopic (exact) mass is 530 g/mol. The van der Waals surface area contributed by atoms with Crippen LogP contribution in [0.2, 0.25) is 5.15 Å². The van der Waals surface area contributed by atoms with Crippen LogP contribution in [0.5, 0.6) is 11.5 Å². The molecule has 12 heteroatoms. The van der Waals surface area contributed by atoms with Crippen LogP contribution in [0.25, 0.3) is 16.9 Å². The van der Waals surface area contributed by atoms with Crippen LogP contribution in [0.1, 0.15) is 33.3 Å². The number of benzene rings is 2. The first-order valence-corrected chi connectivity index (χ1v) is 11.9. The molecule has 0 fully saturated rings. The van der Waals surface area contributed by atoms with Gasteiger partial charge in [0.2, 0.25) is 12.7 Å². The van der Waals surface area contributed by atoms with Gasteiger partial charge in [0.1, 0.15) is 5.15 Å². The minimum Gasteiger partial charge on any atom is -0.454 e. The Balaban J connectivity index is 1.51. The molecule has 38 heavy (non-hydrogen) atoms. The largest absolute Gasteiger partial charge is 0.454 e. The smallest absolute Gasteiger partial charge is 0.269 e. The van der Waals surface area contributed by atoms with Gasteiger partial charge in [-0.3, -0.25) is 14.4 Å². The third kappa shape index (κ3) is 3.80. The summed E-state index contributed by atoms with van der Waals surface area (Å²) in [5.41, 5.74) is 9.15. The van der Waals surface area contributed by atoms with Crippen molar-refractivity contribution in [3.63, 3.8) is 0 Å². The zero-order valence-electron chi connectivity index (χ0n) is 19.9. The second kappa shape index (κ2) is 8.89. The lowest BCUT2D eigenvalue weighted by Gasteiger charge is -2.30. The molecule has 0 radical (unpaired) electrons. The average molecular weight is 531 g/mol. The van der Waals surface area contributed by atoms with Crippen LogP contribution < -0.4 is 25.4 Å². The number of rotatable bonds is 4. The number of primary amides is 1. The van der Waals surface area contributed by atoms with E-state index in [0.29, 0.717) is 45.4 Å². The number of anilines is 2. The molecular formula is C26H19ClN6O5. The van der Waals surface area contributed by atoms with Crippen LogP contribution in [0.4, 0.5) is 11.4 Å². The van der Waals surface area contributed by atoms with Crippen molar-refractivity contribution in [2.45, 2.75) is 13.5 Å². The SMILES string of the molecule is CC(=O)N1Cc2c(C(N)=O)nn(-c3ccc4c(c3)OCO4)c2-c2cc(NC(=O)c3cccnc3Cl)ccc21. The Morgan fingerprint density at radius 2 is 1.89 bits per heavy atom. The van der Waals surface area contributed by atoms with Crippen LogP contribution in [-0.4, -0.2) is 39.3 Å². The van der Waals surface area contributed by atoms with Gasteiger partial charge in [0.15, 0.2) is 17.2 Å². The van der Waals surface area contributed by atoms with Crippen LogP contribution in [0.3, 0.4) is 0 Å². The molecule has 0 atom stereocenters. The lowest BCUT2D eigenvalue weighted by molar-refractivity contribution is -0.116. The first kappa shape index (κ1) is 23.5. The summed E-state index contributed by atoms with van der Waals surface area (Å²) in [6, 6.07) is 13.6. The zero-order chi connectivity index (χ0) is 26.6. The number of nitrogens with one attached hydrogen (secondary N) is 1. The van der Waals surface area contributed by atoms with Gasteiger partial charge in [-0.15, -0.1) is 0 Å². The normalized spacial score (nSPS) is 13.1. The van der Waals surface area contributed by atoms with E-state index in [1.165, 1.54) is 18.0 Å². The summed E-state index contributed by atoms with van der Waals surface area (Å²) in [7, 11) is 0. The molecule has 4 aromatic rings. The maximum absolute atomic E-state index is 12.9. The summed E-state index contributed by atoms with van der Waals surface area (Å²) in [5.74, 6) is -0.301. The maximum atomic E-state index is 12.9. The summed E-state index contributed by atoms with van der Waals surface area (Å²) >= 11 is 6.09. The standard InChI is InChI=1S/C26H19ClN6O5/c1-13(34)32-11-18-22(25(28)35)31-33(15-5-7-20-21(10-15)38-12-37-20)23(18)17-9-14(4-6-19(17)32)30-26(36)16-3-2-8-29-24(16)27/h2-10H,11-12H2,1H3,(H2,28,35)(H,30,36). The molecule has 190 valence electrons. The van der Waals surface area contributed by atoms with E-state index in [4.69, 9.17) is 26.8 Å². The summed E-state index contributed by atoms with van der Waals surface area (Å²) in [6.45, 7) is 1.63. The number of hydrogen-bond acceptors (Lipinski definition) is 7. The minimum atomic E-state index is -0.733. The van der Waals surface area contributed by atoms with Gasteiger partial charge in [-0.25, -0.2) is 9.67 Å². The summed E-state index contributed by atoms with van der Waals surface area (Å²) < 4.78 is 12.5. The molecule has 2 aliphatic rings. The highest BCUT2D eigenvalue weighted by molar-refractivity contribution is 6.33. The van der Waals surface area contributed by atoms with Crippen molar-refractivity contribution < 1.29 is 23.9 Å². The highest BCUT2D eigenvalue weighted by Crippen LogP contribution is 2.44. The average Bonchev–Trinajstić information content (AvgIpc) is 3.52. The van der Waals surface area contributed by atoms with E-state index in [9.17, 15) is 14.4 Å². The Morgan fingerprint density at radius 1 is 1.08 bits per heavy atom. The number of halogens is 1. The van der Waals surface area contributed by atoms with Crippen LogP contribution >= 0.6 is 11.6 Å². The van der Waals surface area contributed by atoms with Crippen molar-refractivity contribution in [1.29, 1.82) is 0 Å². The number of ether oxygens (including phenoxy) is 2. The molecule has 3 N–H and O–H groups in total. The predicted octanol–water partition coefficient (Wildman–Crippen LogP) is 3.53. The van der Waals surface area contributed by atoms with Crippen molar-refractivity contribution in [3.05, 3.63) is 76.7 Å². The molecule has 2 aromatic heterocycles. The fourth-order valence-corrected chi connectivity index (χ4v) is 4.80. The predicted molar refractivity (Wildman–Crippen MR) is 138 cm³/mol. The van der Waals surface area contributed by atoms with E-state index in [0.717, 1.165) is 0 Å². The zero-order valence-corrected chi connectivity index (χ0v) is 20.7. The number of fused-ring (bicyclic) bond motifs is 4. The van der Waals surface area contributed by atoms with E-state index in [1.807, 2.05) is 0 Å². The molecule has 3 amide bonds. The molecule has 0 unspecified atom stereocenters. The molecule has 0 saturated carbocycles. The van der Waals surface area contributed by atoms with Crippen molar-refractivity contribution in [2.24, 2.45) is 5.73 Å². The van der Waals surface area contributed by atoms with Crippen molar-refractivity contribution in [2.75, 3.05) is 17.0 Å². The summed E-state index contributed by atoms with van der Waals surface area (Å²) in [5, 5.41) is 7.42. The maximum Gasteiger partial charge on any atom is 0.269 e. The van der Waals surface area contributed by atoms with Gasteiger partial charge in [0.25, 0.3) is 11.8 Å². The van der Waals surface area contributed by atoms with E-state index >= 15 is 0 Å². The topological polar surface area (TPSA) is 142 Å². The lowest BCUT2D eigenvalue weighted by atomic mass is 9.96. The number of carbonyl (C=O) groups excluding carboxylic acids is 3. The third-order valence-electron chi connectivity index (χ3n) is 6.32. The Bertz CT molecular complexity index is 1670. The fraction of sp³-hybridized carbons (Fsp3) is 0.115. The van der Waals surface area contributed by atoms with E-state index in [1.54, 1.807) is 53.2 Å². The number of nitrogens with two attached hydrogens (primary N) is 1. The van der Waals surface area contributed by atoms with Gasteiger partial charge in [-0.2, -0.15) is 5.10 Å². The Kier molecular flexibility index (Phi) is 5.50. The molecule has 0 bridgehead atoms. The van der Waals surface area contributed by atoms with Crippen LogP contribution in [-0.2, 0) is 11.3 Å². The van der Waals surface area contributed by atoms with Gasteiger partial charge >= 0.3 is 0 Å². The lowest BCUT2D eigenvalue weighted by Crippen LogP contribution is -2.32. The minimum absolute atomic E-state index is 0.0335. The molecule has 2 aliphatic heterocycles. The van der Waals surface area contributed by atoms with Crippen LogP contribution in [0.15, 0.2) is 54.7 Å². The molecular weight excluding hydrogens is 512 g/mol. The van der Waals surface area contributed by atoms with Gasteiger partial charge in [-0.1, -0.05) is 11.6 Å². The van der Waals surface area contributed by atoms with Crippen molar-refractivity contribution in [3.8, 4) is 28.4 Å². The summed E-state index contributed by atoms with van der Waals surface area (Å²) in [4.78, 5) is 43.4. The van der Waals surface area contributed by atoms with Crippen LogP contribution in [0, 0.1) is 0 Å².